The van der Waals surface area contributed by atoms with Crippen LogP contribution in [0.1, 0.15) is 0 Å². The molecule has 58 valence electrons. The Hall–Kier alpha value is 0.0564. The van der Waals surface area contributed by atoms with E-state index in [0.29, 0.717) is 0 Å². The van der Waals surface area contributed by atoms with E-state index >= 15 is 0 Å². The molecule has 0 spiro atoms. The summed E-state index contributed by atoms with van der Waals surface area (Å²) in [7, 11) is 0. The predicted octanol–water partition coefficient (Wildman–Crippen LogP) is -3.79. The predicted molar refractivity (Wildman–Crippen MR) is 34.7 cm³/mol. The molecule has 0 atom stereocenters. The average molecular weight is 191 g/mol. The van der Waals surface area contributed by atoms with Crippen LogP contribution < -0.4 is 61.2 Å². The molecule has 12 heavy (non-hydrogen) atoms. The standard InChI is InChI=1S/C7H7NO3.K/c9-7(10)5-11-6-3-1-2-4-8-6;/h1-4H,5H2,(H,9,10);/q;+1/p-1. The SMILES string of the molecule is O=C([O-])COc1ccccn1.[K+]. The van der Waals surface area contributed by atoms with Crippen LogP contribution in [0.5, 0.6) is 5.88 Å². The van der Waals surface area contributed by atoms with Crippen LogP contribution in [-0.4, -0.2) is 17.6 Å². The summed E-state index contributed by atoms with van der Waals surface area (Å²) in [6, 6.07) is 4.99. The number of carbonyl (C=O) groups excluding carboxylic acids is 1. The maximum atomic E-state index is 9.91. The molecule has 0 aliphatic heterocycles. The van der Waals surface area contributed by atoms with Crippen molar-refractivity contribution < 1.29 is 66.0 Å². The molecule has 1 heterocycles. The van der Waals surface area contributed by atoms with E-state index in [4.69, 9.17) is 4.74 Å². The summed E-state index contributed by atoms with van der Waals surface area (Å²) < 4.78 is 4.69. The molecule has 4 nitrogen and oxygen atoms in total. The number of pyridine rings is 1. The van der Waals surface area contributed by atoms with Gasteiger partial charge in [0.25, 0.3) is 0 Å². The molecule has 0 unspecified atom stereocenters. The second-order valence-corrected chi connectivity index (χ2v) is 1.83. The minimum Gasteiger partial charge on any atom is -0.546 e. The van der Waals surface area contributed by atoms with Gasteiger partial charge in [-0.3, -0.25) is 0 Å². The van der Waals surface area contributed by atoms with Crippen LogP contribution in [0.2, 0.25) is 0 Å². The second-order valence-electron chi connectivity index (χ2n) is 1.83. The van der Waals surface area contributed by atoms with Gasteiger partial charge >= 0.3 is 51.4 Å². The van der Waals surface area contributed by atoms with Gasteiger partial charge in [0.05, 0.1) is 5.97 Å². The van der Waals surface area contributed by atoms with Gasteiger partial charge in [0.1, 0.15) is 6.61 Å². The van der Waals surface area contributed by atoms with Crippen molar-refractivity contribution >= 4 is 5.97 Å². The van der Waals surface area contributed by atoms with Crippen molar-refractivity contribution in [3.05, 3.63) is 24.4 Å². The van der Waals surface area contributed by atoms with Gasteiger partial charge in [-0.1, -0.05) is 6.07 Å². The molecule has 0 amide bonds. The van der Waals surface area contributed by atoms with E-state index in [1.54, 1.807) is 18.2 Å². The molecule has 0 saturated heterocycles. The number of hydrogen-bond acceptors (Lipinski definition) is 4. The largest absolute Gasteiger partial charge is 1.00 e. The van der Waals surface area contributed by atoms with E-state index in [1.165, 1.54) is 6.20 Å². The van der Waals surface area contributed by atoms with Gasteiger partial charge in [0.15, 0.2) is 0 Å². The Morgan fingerprint density at radius 1 is 1.58 bits per heavy atom. The van der Waals surface area contributed by atoms with Gasteiger partial charge in [-0.15, -0.1) is 0 Å². The molecule has 0 aromatic carbocycles. The zero-order valence-corrected chi connectivity index (χ0v) is 9.81. The summed E-state index contributed by atoms with van der Waals surface area (Å²) >= 11 is 0. The molecule has 0 N–H and O–H groups in total. The third kappa shape index (κ3) is 4.84. The third-order valence-corrected chi connectivity index (χ3v) is 0.976. The quantitative estimate of drug-likeness (QED) is 0.460. The number of carboxylic acids is 1. The summed E-state index contributed by atoms with van der Waals surface area (Å²) in [5, 5.41) is 9.91. The fourth-order valence-electron chi connectivity index (χ4n) is 0.565. The molecule has 1 aromatic heterocycles. The van der Waals surface area contributed by atoms with Crippen molar-refractivity contribution in [2.24, 2.45) is 0 Å². The van der Waals surface area contributed by atoms with E-state index in [-0.39, 0.29) is 57.3 Å². The van der Waals surface area contributed by atoms with Crippen LogP contribution in [0.25, 0.3) is 0 Å². The number of carbonyl (C=O) groups is 1. The monoisotopic (exact) mass is 191 g/mol. The first kappa shape index (κ1) is 12.1. The van der Waals surface area contributed by atoms with Crippen molar-refractivity contribution in [1.29, 1.82) is 0 Å². The van der Waals surface area contributed by atoms with Gasteiger partial charge < -0.3 is 14.6 Å². The first-order valence-electron chi connectivity index (χ1n) is 3.03. The van der Waals surface area contributed by atoms with E-state index in [9.17, 15) is 9.90 Å². The maximum Gasteiger partial charge on any atom is 1.00 e. The van der Waals surface area contributed by atoms with Gasteiger partial charge in [-0.25, -0.2) is 4.98 Å². The second kappa shape index (κ2) is 6.56. The molecule has 0 fully saturated rings. The third-order valence-electron chi connectivity index (χ3n) is 0.976. The summed E-state index contributed by atoms with van der Waals surface area (Å²) in [4.78, 5) is 13.6. The number of hydrogen-bond donors (Lipinski definition) is 0. The van der Waals surface area contributed by atoms with Crippen LogP contribution in [-0.2, 0) is 4.79 Å². The molecule has 1 rings (SSSR count). The zero-order chi connectivity index (χ0) is 8.10. The first-order chi connectivity index (χ1) is 5.29. The van der Waals surface area contributed by atoms with E-state index in [1.807, 2.05) is 0 Å². The van der Waals surface area contributed by atoms with Gasteiger partial charge in [0.2, 0.25) is 5.88 Å². The number of aliphatic carboxylic acids is 1. The van der Waals surface area contributed by atoms with Gasteiger partial charge in [-0.05, 0) is 6.07 Å². The average Bonchev–Trinajstić information content (AvgIpc) is 2.03. The smallest absolute Gasteiger partial charge is 0.546 e. The summed E-state index contributed by atoms with van der Waals surface area (Å²) in [6.07, 6.45) is 1.52. The number of rotatable bonds is 3. The fraction of sp³-hybridized carbons (Fsp3) is 0.143. The van der Waals surface area contributed by atoms with Crippen molar-refractivity contribution in [2.75, 3.05) is 6.61 Å². The van der Waals surface area contributed by atoms with Crippen LogP contribution in [0.15, 0.2) is 24.4 Å². The fourth-order valence-corrected chi connectivity index (χ4v) is 0.565. The van der Waals surface area contributed by atoms with Crippen molar-refractivity contribution in [3.63, 3.8) is 0 Å². The Balaban J connectivity index is 0.00000121. The summed E-state index contributed by atoms with van der Waals surface area (Å²) in [5.74, 6) is -0.965. The van der Waals surface area contributed by atoms with Gasteiger partial charge in [-0.2, -0.15) is 0 Å². The Bertz CT molecular complexity index is 240. The number of carboxylic acid groups (broad SMARTS) is 1. The molecule has 5 heteroatoms. The zero-order valence-electron chi connectivity index (χ0n) is 6.69. The number of ether oxygens (including phenoxy) is 1. The molecule has 0 aliphatic rings. The van der Waals surface area contributed by atoms with Crippen LogP contribution >= 0.6 is 0 Å². The minimum absolute atomic E-state index is 0. The van der Waals surface area contributed by atoms with Crippen LogP contribution in [0.3, 0.4) is 0 Å². The van der Waals surface area contributed by atoms with E-state index in [2.05, 4.69) is 4.98 Å². The van der Waals surface area contributed by atoms with E-state index < -0.39 is 12.6 Å². The van der Waals surface area contributed by atoms with Crippen molar-refractivity contribution in [2.45, 2.75) is 0 Å². The number of nitrogens with zero attached hydrogens (tertiary/aromatic N) is 1. The maximum absolute atomic E-state index is 9.91. The normalized spacial score (nSPS) is 8.33. The molecule has 0 bridgehead atoms. The van der Waals surface area contributed by atoms with Crippen LogP contribution in [0.4, 0.5) is 0 Å². The van der Waals surface area contributed by atoms with Crippen molar-refractivity contribution in [1.82, 2.24) is 4.98 Å². The first-order valence-corrected chi connectivity index (χ1v) is 3.03. The van der Waals surface area contributed by atoms with Crippen LogP contribution in [0, 0.1) is 0 Å². The molecular weight excluding hydrogens is 185 g/mol. The topological polar surface area (TPSA) is 62.2 Å². The van der Waals surface area contributed by atoms with Gasteiger partial charge in [0, 0.05) is 12.3 Å². The molecule has 0 aliphatic carbocycles. The Morgan fingerprint density at radius 2 is 2.33 bits per heavy atom. The molecule has 1 aromatic rings. The molecular formula is C7H6KNO3. The molecule has 0 saturated carbocycles. The van der Waals surface area contributed by atoms with E-state index in [0.717, 1.165) is 0 Å². The summed E-state index contributed by atoms with van der Waals surface area (Å²) in [6.45, 7) is -0.461. The van der Waals surface area contributed by atoms with Crippen molar-refractivity contribution in [3.8, 4) is 5.88 Å². The Kier molecular flexibility index (Phi) is 6.59. The Labute approximate surface area is 112 Å². The molecule has 0 radical (unpaired) electrons. The Morgan fingerprint density at radius 3 is 2.83 bits per heavy atom. The summed E-state index contributed by atoms with van der Waals surface area (Å²) in [5.41, 5.74) is 0. The minimum atomic E-state index is -1.25. The number of aromatic nitrogens is 1.